The van der Waals surface area contributed by atoms with Gasteiger partial charge in [-0.1, -0.05) is 29.8 Å². The number of halogens is 1. The molecule has 0 aliphatic carbocycles. The van der Waals surface area contributed by atoms with Gasteiger partial charge in [-0.3, -0.25) is 4.79 Å². The van der Waals surface area contributed by atoms with E-state index in [4.69, 9.17) is 16.6 Å². The van der Waals surface area contributed by atoms with Gasteiger partial charge in [0.15, 0.2) is 0 Å². The summed E-state index contributed by atoms with van der Waals surface area (Å²) in [5, 5.41) is 14.4. The molecule has 2 aromatic heterocycles. The number of aromatic amines is 2. The van der Waals surface area contributed by atoms with Gasteiger partial charge in [-0.25, -0.2) is 4.98 Å². The van der Waals surface area contributed by atoms with Crippen molar-refractivity contribution in [3.8, 4) is 11.4 Å². The number of pyridine rings is 1. The molecule has 5 rings (SSSR count). The fourth-order valence-corrected chi connectivity index (χ4v) is 5.11. The number of anilines is 1. The maximum absolute atomic E-state index is 12.9. The number of hydrogen-bond acceptors (Lipinski definition) is 5. The molecule has 8 heteroatoms. The third-order valence-electron chi connectivity index (χ3n) is 6.91. The Labute approximate surface area is 209 Å². The van der Waals surface area contributed by atoms with Crippen LogP contribution < -0.4 is 10.9 Å². The van der Waals surface area contributed by atoms with Gasteiger partial charge in [0.1, 0.15) is 11.4 Å². The van der Waals surface area contributed by atoms with Crippen molar-refractivity contribution in [1.82, 2.24) is 19.9 Å². The molecule has 1 saturated heterocycles. The molecule has 1 aliphatic rings. The summed E-state index contributed by atoms with van der Waals surface area (Å²) in [6.45, 7) is 4.49. The highest BCUT2D eigenvalue weighted by Crippen LogP contribution is 2.32. The number of hydrogen-bond donors (Lipinski definition) is 4. The first-order valence-corrected chi connectivity index (χ1v) is 12.3. The minimum absolute atomic E-state index is 0.219. The van der Waals surface area contributed by atoms with E-state index < -0.39 is 6.10 Å². The number of imidazole rings is 1. The molecule has 0 amide bonds. The summed E-state index contributed by atoms with van der Waals surface area (Å²) in [4.78, 5) is 26.2. The third-order valence-corrected chi connectivity index (χ3v) is 7.14. The monoisotopic (exact) mass is 491 g/mol. The van der Waals surface area contributed by atoms with Crippen LogP contribution in [0.2, 0.25) is 5.02 Å². The Kier molecular flexibility index (Phi) is 6.65. The Morgan fingerprint density at radius 2 is 2.03 bits per heavy atom. The van der Waals surface area contributed by atoms with E-state index in [9.17, 15) is 9.90 Å². The number of nitrogens with zero attached hydrogens (tertiary/aromatic N) is 2. The second-order valence-electron chi connectivity index (χ2n) is 9.44. The number of piperidine rings is 1. The summed E-state index contributed by atoms with van der Waals surface area (Å²) in [6.07, 6.45) is 3.09. The van der Waals surface area contributed by atoms with Crippen molar-refractivity contribution < 1.29 is 5.11 Å². The van der Waals surface area contributed by atoms with Crippen molar-refractivity contribution in [3.63, 3.8) is 0 Å². The van der Waals surface area contributed by atoms with Gasteiger partial charge < -0.3 is 25.3 Å². The lowest BCUT2D eigenvalue weighted by atomic mass is 9.88. The molecule has 0 saturated carbocycles. The highest BCUT2D eigenvalue weighted by Gasteiger charge is 2.21. The summed E-state index contributed by atoms with van der Waals surface area (Å²) >= 11 is 6.06. The maximum Gasteiger partial charge on any atom is 0.261 e. The molecule has 182 valence electrons. The van der Waals surface area contributed by atoms with Crippen LogP contribution in [0, 0.1) is 6.92 Å². The van der Waals surface area contributed by atoms with E-state index >= 15 is 0 Å². The van der Waals surface area contributed by atoms with E-state index in [-0.39, 0.29) is 12.1 Å². The van der Waals surface area contributed by atoms with Crippen molar-refractivity contribution in [2.24, 2.45) is 0 Å². The number of aliphatic hydroxyl groups excluding tert-OH is 1. The number of fused-ring (bicyclic) bond motifs is 1. The number of rotatable bonds is 6. The van der Waals surface area contributed by atoms with Crippen LogP contribution in [0.25, 0.3) is 22.4 Å². The Bertz CT molecular complexity index is 1400. The van der Waals surface area contributed by atoms with E-state index in [2.05, 4.69) is 46.3 Å². The van der Waals surface area contributed by atoms with Crippen molar-refractivity contribution >= 4 is 28.3 Å². The molecule has 4 aromatic rings. The van der Waals surface area contributed by atoms with Gasteiger partial charge >= 0.3 is 0 Å². The van der Waals surface area contributed by atoms with Crippen LogP contribution >= 0.6 is 11.6 Å². The van der Waals surface area contributed by atoms with Gasteiger partial charge in [-0.05, 0) is 86.8 Å². The van der Waals surface area contributed by atoms with Crippen LogP contribution in [0.4, 0.5) is 5.69 Å². The van der Waals surface area contributed by atoms with Crippen LogP contribution in [-0.4, -0.2) is 51.6 Å². The molecule has 4 N–H and O–H groups in total. The van der Waals surface area contributed by atoms with Crippen LogP contribution in [0.5, 0.6) is 0 Å². The smallest absolute Gasteiger partial charge is 0.261 e. The van der Waals surface area contributed by atoms with Crippen molar-refractivity contribution in [2.45, 2.75) is 31.8 Å². The fraction of sp³-hybridized carbons (Fsp3) is 0.333. The number of H-pyrrole nitrogens is 2. The maximum atomic E-state index is 12.9. The largest absolute Gasteiger partial charge is 0.387 e. The molecule has 1 aliphatic heterocycles. The molecule has 7 nitrogen and oxygen atoms in total. The SMILES string of the molecule is Cc1cc(C2CCN(C)CC2)cc2[nH]c(-c3c(NC[C@@H](O)c4cccc(Cl)c4)cc[nH]c3=O)nc12. The van der Waals surface area contributed by atoms with Gasteiger partial charge in [-0.2, -0.15) is 0 Å². The number of benzene rings is 2. The Balaban J connectivity index is 1.44. The van der Waals surface area contributed by atoms with E-state index in [1.807, 2.05) is 6.07 Å². The topological polar surface area (TPSA) is 97.0 Å². The van der Waals surface area contributed by atoms with Gasteiger partial charge in [0.2, 0.25) is 0 Å². The highest BCUT2D eigenvalue weighted by molar-refractivity contribution is 6.30. The van der Waals surface area contributed by atoms with E-state index in [0.29, 0.717) is 33.6 Å². The molecule has 0 spiro atoms. The minimum atomic E-state index is -0.782. The Hall–Kier alpha value is -3.13. The minimum Gasteiger partial charge on any atom is -0.387 e. The lowest BCUT2D eigenvalue weighted by Crippen LogP contribution is -2.29. The number of aliphatic hydroxyl groups is 1. The second kappa shape index (κ2) is 9.85. The molecular weight excluding hydrogens is 462 g/mol. The summed E-state index contributed by atoms with van der Waals surface area (Å²) < 4.78 is 0. The molecule has 3 heterocycles. The molecular formula is C27H30ClN5O2. The first-order chi connectivity index (χ1) is 16.9. The Morgan fingerprint density at radius 1 is 1.23 bits per heavy atom. The number of likely N-dealkylation sites (tertiary alicyclic amines) is 1. The molecule has 0 bridgehead atoms. The van der Waals surface area contributed by atoms with Gasteiger partial charge in [0.05, 0.1) is 22.8 Å². The van der Waals surface area contributed by atoms with Gasteiger partial charge in [0, 0.05) is 17.8 Å². The third kappa shape index (κ3) is 4.98. The molecule has 0 unspecified atom stereocenters. The first-order valence-electron chi connectivity index (χ1n) is 12.0. The zero-order valence-electron chi connectivity index (χ0n) is 19.9. The standard InChI is InChI=1S/C27H30ClN5O2/c1-16-12-19(17-7-10-33(2)11-8-17)14-22-25(16)32-26(31-22)24-21(6-9-29-27(24)35)30-15-23(34)18-4-3-5-20(28)13-18/h3-6,9,12-14,17,23,34H,7-8,10-11,15H2,1-2H3,(H,31,32)(H2,29,30,35)/t23-/m1/s1. The normalized spacial score (nSPS) is 16.0. The fourth-order valence-electron chi connectivity index (χ4n) is 4.91. The van der Waals surface area contributed by atoms with Gasteiger partial charge in [0.25, 0.3) is 5.56 Å². The van der Waals surface area contributed by atoms with Crippen molar-refractivity contribution in [1.29, 1.82) is 0 Å². The average molecular weight is 492 g/mol. The molecule has 0 radical (unpaired) electrons. The van der Waals surface area contributed by atoms with Gasteiger partial charge in [-0.15, -0.1) is 0 Å². The van der Waals surface area contributed by atoms with Crippen LogP contribution in [0.1, 0.15) is 41.6 Å². The van der Waals surface area contributed by atoms with E-state index in [1.54, 1.807) is 30.5 Å². The summed E-state index contributed by atoms with van der Waals surface area (Å²) in [5.74, 6) is 1.04. The molecule has 1 fully saturated rings. The number of aromatic nitrogens is 3. The molecule has 2 aromatic carbocycles. The Morgan fingerprint density at radius 3 is 2.80 bits per heavy atom. The predicted octanol–water partition coefficient (Wildman–Crippen LogP) is 4.83. The van der Waals surface area contributed by atoms with Crippen molar-refractivity contribution in [2.75, 3.05) is 32.0 Å². The highest BCUT2D eigenvalue weighted by atomic mass is 35.5. The first kappa shape index (κ1) is 23.6. The number of nitrogens with one attached hydrogen (secondary N) is 3. The quantitative estimate of drug-likeness (QED) is 0.309. The van der Waals surface area contributed by atoms with Crippen LogP contribution in [0.15, 0.2) is 53.5 Å². The predicted molar refractivity (Wildman–Crippen MR) is 141 cm³/mol. The zero-order valence-corrected chi connectivity index (χ0v) is 20.7. The second-order valence-corrected chi connectivity index (χ2v) is 9.88. The number of aryl methyl sites for hydroxylation is 1. The lowest BCUT2D eigenvalue weighted by Gasteiger charge is -2.29. The average Bonchev–Trinajstić information content (AvgIpc) is 3.27. The van der Waals surface area contributed by atoms with E-state index in [0.717, 1.165) is 42.5 Å². The molecule has 35 heavy (non-hydrogen) atoms. The lowest BCUT2D eigenvalue weighted by molar-refractivity contribution is 0.191. The summed E-state index contributed by atoms with van der Waals surface area (Å²) in [5.41, 5.74) is 5.69. The summed E-state index contributed by atoms with van der Waals surface area (Å²) in [7, 11) is 2.17. The molecule has 1 atom stereocenters. The van der Waals surface area contributed by atoms with Crippen LogP contribution in [-0.2, 0) is 0 Å². The van der Waals surface area contributed by atoms with Crippen molar-refractivity contribution in [3.05, 3.63) is 80.7 Å². The van der Waals surface area contributed by atoms with E-state index in [1.165, 1.54) is 5.56 Å². The van der Waals surface area contributed by atoms with Crippen LogP contribution in [0.3, 0.4) is 0 Å². The summed E-state index contributed by atoms with van der Waals surface area (Å²) in [6, 6.07) is 13.3. The zero-order chi connectivity index (χ0) is 24.5.